The Morgan fingerprint density at radius 1 is 1.00 bits per heavy atom. The normalized spacial score (nSPS) is 13.6. The molecule has 0 aliphatic carbocycles. The summed E-state index contributed by atoms with van der Waals surface area (Å²) in [5.41, 5.74) is 0. The number of halogens is 3. The summed E-state index contributed by atoms with van der Waals surface area (Å²) in [7, 11) is 0. The highest BCUT2D eigenvalue weighted by atomic mass is 32.2. The topological polar surface area (TPSA) is 26.3 Å². The number of hydrogen-bond donors (Lipinski definition) is 0. The first-order valence-corrected chi connectivity index (χ1v) is 9.51. The molecule has 0 rings (SSSR count). The largest absolute Gasteiger partial charge is 0.465 e. The first kappa shape index (κ1) is 22.6. The fraction of sp³-hybridized carbons (Fsp3) is 0.941. The third-order valence-electron chi connectivity index (χ3n) is 3.18. The first-order valence-electron chi connectivity index (χ1n) is 8.46. The van der Waals surface area contributed by atoms with Crippen LogP contribution in [0.3, 0.4) is 0 Å². The van der Waals surface area contributed by atoms with Crippen LogP contribution in [0.4, 0.5) is 13.2 Å². The minimum absolute atomic E-state index is 0.158. The number of alkyl halides is 3. The number of ether oxygens (including phenoxy) is 1. The molecule has 0 aliphatic heterocycles. The van der Waals surface area contributed by atoms with Crippen molar-refractivity contribution in [3.05, 3.63) is 0 Å². The van der Waals surface area contributed by atoms with Crippen molar-refractivity contribution in [1.82, 2.24) is 0 Å². The molecule has 1 atom stereocenters. The van der Waals surface area contributed by atoms with Gasteiger partial charge in [-0.25, -0.2) is 0 Å². The zero-order valence-corrected chi connectivity index (χ0v) is 15.6. The van der Waals surface area contributed by atoms with Gasteiger partial charge in [-0.3, -0.25) is 4.79 Å². The maximum absolute atomic E-state index is 12.1. The highest BCUT2D eigenvalue weighted by molar-refractivity contribution is 8.00. The maximum atomic E-state index is 12.1. The van der Waals surface area contributed by atoms with Gasteiger partial charge in [-0.05, 0) is 36.9 Å². The van der Waals surface area contributed by atoms with Crippen LogP contribution in [-0.4, -0.2) is 29.8 Å². The second kappa shape index (κ2) is 12.0. The van der Waals surface area contributed by atoms with Crippen molar-refractivity contribution in [2.45, 2.75) is 77.6 Å². The lowest BCUT2D eigenvalue weighted by Crippen LogP contribution is -2.24. The molecule has 0 aromatic rings. The third kappa shape index (κ3) is 14.9. The van der Waals surface area contributed by atoms with E-state index >= 15 is 0 Å². The number of thioether (sulfide) groups is 1. The van der Waals surface area contributed by atoms with Crippen molar-refractivity contribution in [1.29, 1.82) is 0 Å². The second-order valence-corrected chi connectivity index (χ2v) is 8.10. The molecule has 0 saturated carbocycles. The van der Waals surface area contributed by atoms with Crippen LogP contribution in [0, 0.1) is 11.8 Å². The SMILES string of the molecule is CC(C)COC(=O)C(CC(C)C)SCCCCCCC(F)(F)F. The highest BCUT2D eigenvalue weighted by Gasteiger charge is 2.26. The van der Waals surface area contributed by atoms with Gasteiger partial charge in [0.15, 0.2) is 0 Å². The smallest absolute Gasteiger partial charge is 0.389 e. The second-order valence-electron chi connectivity index (χ2n) is 6.79. The van der Waals surface area contributed by atoms with Crippen LogP contribution in [0.1, 0.15) is 66.2 Å². The van der Waals surface area contributed by atoms with Gasteiger partial charge in [-0.2, -0.15) is 13.2 Å². The number of carbonyl (C=O) groups excluding carboxylic acids is 1. The van der Waals surface area contributed by atoms with Gasteiger partial charge in [0.05, 0.1) is 6.61 Å². The van der Waals surface area contributed by atoms with Crippen molar-refractivity contribution in [3.63, 3.8) is 0 Å². The fourth-order valence-corrected chi connectivity index (χ4v) is 3.39. The van der Waals surface area contributed by atoms with E-state index in [0.29, 0.717) is 24.9 Å². The van der Waals surface area contributed by atoms with E-state index < -0.39 is 12.6 Å². The minimum Gasteiger partial charge on any atom is -0.465 e. The van der Waals surface area contributed by atoms with Gasteiger partial charge < -0.3 is 4.74 Å². The van der Waals surface area contributed by atoms with Crippen LogP contribution < -0.4 is 0 Å². The van der Waals surface area contributed by atoms with E-state index in [2.05, 4.69) is 13.8 Å². The number of carbonyl (C=O) groups is 1. The Bertz CT molecular complexity index is 317. The Hall–Kier alpha value is -0.390. The number of unbranched alkanes of at least 4 members (excludes halogenated alkanes) is 3. The van der Waals surface area contributed by atoms with Gasteiger partial charge in [-0.15, -0.1) is 11.8 Å². The Kier molecular flexibility index (Phi) is 11.8. The van der Waals surface area contributed by atoms with Crippen LogP contribution >= 0.6 is 11.8 Å². The fourth-order valence-electron chi connectivity index (χ4n) is 2.01. The van der Waals surface area contributed by atoms with Crippen LogP contribution in [-0.2, 0) is 9.53 Å². The lowest BCUT2D eigenvalue weighted by molar-refractivity contribution is -0.144. The monoisotopic (exact) mass is 356 g/mol. The molecule has 6 heteroatoms. The van der Waals surface area contributed by atoms with Crippen molar-refractivity contribution >= 4 is 17.7 Å². The van der Waals surface area contributed by atoms with Gasteiger partial charge in [0.2, 0.25) is 0 Å². The predicted molar refractivity (Wildman–Crippen MR) is 90.6 cm³/mol. The van der Waals surface area contributed by atoms with Crippen LogP contribution in [0.2, 0.25) is 0 Å². The summed E-state index contributed by atoms with van der Waals surface area (Å²) in [6, 6.07) is 0. The van der Waals surface area contributed by atoms with E-state index in [4.69, 9.17) is 4.74 Å². The highest BCUT2D eigenvalue weighted by Crippen LogP contribution is 2.25. The minimum atomic E-state index is -4.04. The van der Waals surface area contributed by atoms with Crippen LogP contribution in [0.25, 0.3) is 0 Å². The molecule has 0 aromatic heterocycles. The molecule has 0 amide bonds. The summed E-state index contributed by atoms with van der Waals surface area (Å²) < 4.78 is 41.4. The van der Waals surface area contributed by atoms with E-state index in [1.807, 2.05) is 13.8 Å². The Labute approximate surface area is 142 Å². The molecule has 0 aliphatic rings. The molecule has 0 heterocycles. The molecule has 0 N–H and O–H groups in total. The van der Waals surface area contributed by atoms with Gasteiger partial charge in [0, 0.05) is 6.42 Å². The van der Waals surface area contributed by atoms with Crippen molar-refractivity contribution in [3.8, 4) is 0 Å². The van der Waals surface area contributed by atoms with Crippen LogP contribution in [0.5, 0.6) is 0 Å². The Balaban J connectivity index is 3.94. The average molecular weight is 356 g/mol. The predicted octanol–water partition coefficient (Wildman–Crippen LogP) is 5.85. The zero-order chi connectivity index (χ0) is 17.9. The van der Waals surface area contributed by atoms with Crippen molar-refractivity contribution < 1.29 is 22.7 Å². The van der Waals surface area contributed by atoms with E-state index in [-0.39, 0.29) is 17.6 Å². The average Bonchev–Trinajstić information content (AvgIpc) is 2.40. The van der Waals surface area contributed by atoms with Crippen LogP contribution in [0.15, 0.2) is 0 Å². The molecule has 2 nitrogen and oxygen atoms in total. The lowest BCUT2D eigenvalue weighted by atomic mass is 10.1. The van der Waals surface area contributed by atoms with E-state index in [0.717, 1.165) is 25.0 Å². The quantitative estimate of drug-likeness (QED) is 0.324. The Morgan fingerprint density at radius 3 is 2.13 bits per heavy atom. The molecule has 1 unspecified atom stereocenters. The third-order valence-corrected chi connectivity index (χ3v) is 4.49. The van der Waals surface area contributed by atoms with E-state index in [9.17, 15) is 18.0 Å². The summed E-state index contributed by atoms with van der Waals surface area (Å²) in [4.78, 5) is 12.1. The lowest BCUT2D eigenvalue weighted by Gasteiger charge is -2.18. The molecule has 138 valence electrons. The van der Waals surface area contributed by atoms with Crippen molar-refractivity contribution in [2.24, 2.45) is 11.8 Å². The van der Waals surface area contributed by atoms with Gasteiger partial charge in [0.25, 0.3) is 0 Å². The van der Waals surface area contributed by atoms with Crippen molar-refractivity contribution in [2.75, 3.05) is 12.4 Å². The van der Waals surface area contributed by atoms with E-state index in [1.54, 1.807) is 11.8 Å². The summed E-state index contributed by atoms with van der Waals surface area (Å²) in [6.07, 6.45) is -1.57. The molecule has 0 aromatic carbocycles. The number of rotatable bonds is 12. The molecule has 0 bridgehead atoms. The summed E-state index contributed by atoms with van der Waals surface area (Å²) in [6.45, 7) is 8.57. The molecule has 0 saturated heterocycles. The molecule has 23 heavy (non-hydrogen) atoms. The number of esters is 1. The molecule has 0 fully saturated rings. The summed E-state index contributed by atoms with van der Waals surface area (Å²) in [5, 5.41) is -0.163. The Morgan fingerprint density at radius 2 is 1.61 bits per heavy atom. The summed E-state index contributed by atoms with van der Waals surface area (Å²) >= 11 is 1.58. The van der Waals surface area contributed by atoms with Gasteiger partial charge >= 0.3 is 12.1 Å². The number of hydrogen-bond acceptors (Lipinski definition) is 3. The standard InChI is InChI=1S/C17H31F3O2S/c1-13(2)11-15(16(21)22-12-14(3)4)23-10-8-6-5-7-9-17(18,19)20/h13-15H,5-12H2,1-4H3. The maximum Gasteiger partial charge on any atom is 0.389 e. The van der Waals surface area contributed by atoms with Gasteiger partial charge in [0.1, 0.15) is 5.25 Å². The zero-order valence-electron chi connectivity index (χ0n) is 14.7. The van der Waals surface area contributed by atoms with E-state index in [1.165, 1.54) is 0 Å². The first-order chi connectivity index (χ1) is 10.6. The molecular weight excluding hydrogens is 325 g/mol. The summed E-state index contributed by atoms with van der Waals surface area (Å²) in [5.74, 6) is 1.36. The molecular formula is C17H31F3O2S. The molecule has 0 radical (unpaired) electrons. The van der Waals surface area contributed by atoms with Gasteiger partial charge in [-0.1, -0.05) is 40.5 Å². The molecule has 0 spiro atoms.